The van der Waals surface area contributed by atoms with E-state index in [1.54, 1.807) is 0 Å². The zero-order chi connectivity index (χ0) is 34.9. The lowest BCUT2D eigenvalue weighted by molar-refractivity contribution is 0.674. The molecule has 2 heterocycles. The van der Waals surface area contributed by atoms with Crippen molar-refractivity contribution >= 4 is 76.6 Å². The van der Waals surface area contributed by atoms with E-state index in [1.807, 2.05) is 6.07 Å². The molecule has 0 fully saturated rings. The van der Waals surface area contributed by atoms with Gasteiger partial charge >= 0.3 is 0 Å². The van der Waals surface area contributed by atoms with Gasteiger partial charge in [0.2, 0.25) is 0 Å². The average molecular weight is 677 g/mol. The van der Waals surface area contributed by atoms with E-state index in [9.17, 15) is 0 Å². The second kappa shape index (κ2) is 11.8. The molecule has 0 aliphatic carbocycles. The Morgan fingerprint density at radius 1 is 0.434 bits per heavy atom. The minimum Gasteiger partial charge on any atom is -0.344 e. The number of para-hydroxylation sites is 1. The molecule has 0 amide bonds. The van der Waals surface area contributed by atoms with Gasteiger partial charge in [0.15, 0.2) is 5.84 Å². The van der Waals surface area contributed by atoms with Crippen LogP contribution in [0.3, 0.4) is 0 Å². The van der Waals surface area contributed by atoms with Crippen LogP contribution in [0.5, 0.6) is 0 Å². The monoisotopic (exact) mass is 676 g/mol. The maximum absolute atomic E-state index is 5.35. The molecule has 1 aliphatic rings. The maximum Gasteiger partial charge on any atom is 0.159 e. The van der Waals surface area contributed by atoms with Gasteiger partial charge in [-0.3, -0.25) is 0 Å². The molecule has 9 aromatic carbocycles. The Morgan fingerprint density at radius 2 is 1.06 bits per heavy atom. The van der Waals surface area contributed by atoms with Crippen molar-refractivity contribution in [3.05, 3.63) is 199 Å². The number of rotatable bonds is 4. The molecule has 0 radical (unpaired) electrons. The summed E-state index contributed by atoms with van der Waals surface area (Å²) < 4.78 is 2.41. The number of aromatic nitrogens is 1. The highest BCUT2D eigenvalue weighted by molar-refractivity contribution is 6.26. The zero-order valence-electron chi connectivity index (χ0n) is 28.7. The van der Waals surface area contributed by atoms with E-state index < -0.39 is 0 Å². The minimum atomic E-state index is -0.355. The van der Waals surface area contributed by atoms with Gasteiger partial charge in [-0.25, -0.2) is 9.98 Å². The van der Waals surface area contributed by atoms with Crippen LogP contribution in [0.1, 0.15) is 22.9 Å². The van der Waals surface area contributed by atoms with Gasteiger partial charge in [-0.2, -0.15) is 0 Å². The van der Waals surface area contributed by atoms with Gasteiger partial charge in [0.25, 0.3) is 0 Å². The van der Waals surface area contributed by atoms with Crippen LogP contribution >= 0.6 is 0 Å². The zero-order valence-corrected chi connectivity index (χ0v) is 28.7. The number of nitrogens with one attached hydrogen (secondary N) is 1. The highest BCUT2D eigenvalue weighted by Crippen LogP contribution is 2.38. The fraction of sp³-hybridized carbons (Fsp3) is 0.0204. The van der Waals surface area contributed by atoms with Crippen LogP contribution in [-0.4, -0.2) is 16.2 Å². The van der Waals surface area contributed by atoms with E-state index in [1.165, 1.54) is 64.9 Å². The lowest BCUT2D eigenvalue weighted by atomic mass is 9.93. The molecular weight excluding hydrogens is 645 g/mol. The lowest BCUT2D eigenvalue weighted by Crippen LogP contribution is -2.33. The lowest BCUT2D eigenvalue weighted by Gasteiger charge is -2.24. The quantitative estimate of drug-likeness (QED) is 0.185. The van der Waals surface area contributed by atoms with Crippen molar-refractivity contribution in [3.8, 4) is 5.69 Å². The van der Waals surface area contributed by atoms with Gasteiger partial charge in [0.05, 0.1) is 11.0 Å². The number of benzene rings is 9. The average Bonchev–Trinajstić information content (AvgIpc) is 3.59. The van der Waals surface area contributed by atoms with E-state index in [0.29, 0.717) is 5.84 Å². The van der Waals surface area contributed by atoms with Crippen molar-refractivity contribution in [1.82, 2.24) is 9.88 Å². The van der Waals surface area contributed by atoms with Crippen molar-refractivity contribution < 1.29 is 0 Å². The Kier molecular flexibility index (Phi) is 6.58. The van der Waals surface area contributed by atoms with Crippen LogP contribution in [0.25, 0.3) is 70.6 Å². The summed E-state index contributed by atoms with van der Waals surface area (Å²) in [5.74, 6) is 1.51. The molecule has 10 aromatic rings. The van der Waals surface area contributed by atoms with Crippen molar-refractivity contribution in [2.75, 3.05) is 0 Å². The summed E-state index contributed by atoms with van der Waals surface area (Å²) in [4.78, 5) is 10.5. The molecule has 1 aliphatic heterocycles. The minimum absolute atomic E-state index is 0.355. The Morgan fingerprint density at radius 3 is 1.83 bits per heavy atom. The first-order valence-electron chi connectivity index (χ1n) is 18.1. The van der Waals surface area contributed by atoms with Crippen molar-refractivity contribution in [1.29, 1.82) is 0 Å². The van der Waals surface area contributed by atoms with Gasteiger partial charge < -0.3 is 9.88 Å². The molecule has 0 bridgehead atoms. The molecule has 1 unspecified atom stereocenters. The van der Waals surface area contributed by atoms with Gasteiger partial charge in [-0.1, -0.05) is 158 Å². The molecular formula is C49H32N4. The third-order valence-electron chi connectivity index (χ3n) is 10.8. The molecule has 4 nitrogen and oxygen atoms in total. The Balaban J connectivity index is 1.10. The number of aliphatic imine (C=N–C) groups is 2. The molecule has 1 N–H and O–H groups in total. The largest absolute Gasteiger partial charge is 0.344 e. The Bertz CT molecular complexity index is 3120. The summed E-state index contributed by atoms with van der Waals surface area (Å²) in [6, 6.07) is 65.1. The molecule has 11 rings (SSSR count). The molecule has 0 saturated heterocycles. The van der Waals surface area contributed by atoms with E-state index >= 15 is 0 Å². The SMILES string of the molecule is c1ccc(C2=NC(c3ccc4c5ccccc5c5ccccc5c4c3)=NC(c3cccc(-n4c5ccccc5c5ccc6ccccc6c54)c3)N2)cc1. The fourth-order valence-corrected chi connectivity index (χ4v) is 8.37. The first-order chi connectivity index (χ1) is 26.3. The van der Waals surface area contributed by atoms with Crippen molar-refractivity contribution in [3.63, 3.8) is 0 Å². The number of hydrogen-bond acceptors (Lipinski definition) is 3. The number of fused-ring (bicyclic) bond motifs is 11. The van der Waals surface area contributed by atoms with Crippen molar-refractivity contribution in [2.24, 2.45) is 9.98 Å². The van der Waals surface area contributed by atoms with Crippen LogP contribution in [0, 0.1) is 0 Å². The summed E-state index contributed by atoms with van der Waals surface area (Å²) in [6.07, 6.45) is -0.355. The Hall–Kier alpha value is -7.04. The van der Waals surface area contributed by atoms with Crippen LogP contribution in [0.2, 0.25) is 0 Å². The van der Waals surface area contributed by atoms with Crippen LogP contribution in [-0.2, 0) is 0 Å². The molecule has 0 saturated carbocycles. The summed E-state index contributed by atoms with van der Waals surface area (Å²) >= 11 is 0. The molecule has 0 spiro atoms. The first kappa shape index (κ1) is 29.7. The van der Waals surface area contributed by atoms with Crippen LogP contribution < -0.4 is 5.32 Å². The molecule has 248 valence electrons. The second-order valence-corrected chi connectivity index (χ2v) is 13.8. The first-order valence-corrected chi connectivity index (χ1v) is 18.1. The highest BCUT2D eigenvalue weighted by atomic mass is 15.2. The smallest absolute Gasteiger partial charge is 0.159 e. The molecule has 1 atom stereocenters. The summed E-state index contributed by atoms with van der Waals surface area (Å²) in [5.41, 5.74) is 6.56. The Labute approximate surface area is 306 Å². The predicted molar refractivity (Wildman–Crippen MR) is 223 cm³/mol. The van der Waals surface area contributed by atoms with E-state index in [2.05, 4.69) is 186 Å². The van der Waals surface area contributed by atoms with Gasteiger partial charge in [0.1, 0.15) is 12.0 Å². The van der Waals surface area contributed by atoms with Crippen molar-refractivity contribution in [2.45, 2.75) is 6.17 Å². The standard InChI is InChI=1S/C49H32N4/c1-2-14-32(15-3-1)47-50-48(52-49(51-47)34-26-27-41-39-21-7-6-19-37(39)38-20-8-9-22-40(38)44(41)30-34)33-16-12-17-35(29-33)53-45-24-11-10-23-42(45)43-28-25-31-13-4-5-18-36(31)46(43)53/h1-30,48H,(H,50,51,52). The number of amidine groups is 2. The third-order valence-corrected chi connectivity index (χ3v) is 10.8. The van der Waals surface area contributed by atoms with Gasteiger partial charge in [-0.05, 0) is 67.5 Å². The van der Waals surface area contributed by atoms with Crippen LogP contribution in [0.15, 0.2) is 192 Å². The van der Waals surface area contributed by atoms with Gasteiger partial charge in [0, 0.05) is 33.0 Å². The van der Waals surface area contributed by atoms with E-state index in [-0.39, 0.29) is 6.17 Å². The van der Waals surface area contributed by atoms with Crippen LogP contribution in [0.4, 0.5) is 0 Å². The maximum atomic E-state index is 5.35. The second-order valence-electron chi connectivity index (χ2n) is 13.8. The predicted octanol–water partition coefficient (Wildman–Crippen LogP) is 11.9. The molecule has 4 heteroatoms. The molecule has 53 heavy (non-hydrogen) atoms. The number of hydrogen-bond donors (Lipinski definition) is 1. The highest BCUT2D eigenvalue weighted by Gasteiger charge is 2.23. The van der Waals surface area contributed by atoms with Gasteiger partial charge in [-0.15, -0.1) is 0 Å². The molecule has 1 aromatic heterocycles. The van der Waals surface area contributed by atoms with E-state index in [0.717, 1.165) is 28.2 Å². The summed E-state index contributed by atoms with van der Waals surface area (Å²) in [5, 5.41) is 16.1. The van der Waals surface area contributed by atoms with E-state index in [4.69, 9.17) is 9.98 Å². The topological polar surface area (TPSA) is 41.7 Å². The fourth-order valence-electron chi connectivity index (χ4n) is 8.37. The summed E-state index contributed by atoms with van der Waals surface area (Å²) in [7, 11) is 0. The third kappa shape index (κ3) is 4.69. The number of nitrogens with zero attached hydrogens (tertiary/aromatic N) is 3. The summed E-state index contributed by atoms with van der Waals surface area (Å²) in [6.45, 7) is 0. The normalized spacial score (nSPS) is 14.6.